The van der Waals surface area contributed by atoms with E-state index in [0.29, 0.717) is 9.64 Å². The van der Waals surface area contributed by atoms with Gasteiger partial charge in [0.15, 0.2) is 0 Å². The summed E-state index contributed by atoms with van der Waals surface area (Å²) in [5.74, 6) is -0.688. The Morgan fingerprint density at radius 2 is 1.82 bits per heavy atom. The van der Waals surface area contributed by atoms with Gasteiger partial charge in [0.25, 0.3) is 0 Å². The van der Waals surface area contributed by atoms with E-state index in [2.05, 4.69) is 21.2 Å². The van der Waals surface area contributed by atoms with Crippen molar-refractivity contribution in [3.8, 4) is 0 Å². The van der Waals surface area contributed by atoms with Gasteiger partial charge in [0, 0.05) is 4.47 Å². The molecule has 22 heavy (non-hydrogen) atoms. The van der Waals surface area contributed by atoms with Gasteiger partial charge in [0.05, 0.1) is 15.7 Å². The van der Waals surface area contributed by atoms with Crippen molar-refractivity contribution in [2.45, 2.75) is 0 Å². The van der Waals surface area contributed by atoms with Crippen molar-refractivity contribution in [1.29, 1.82) is 0 Å². The number of anilines is 3. The molecule has 0 radical (unpaired) electrons. The van der Waals surface area contributed by atoms with E-state index in [1.54, 1.807) is 6.07 Å². The molecule has 3 rings (SSSR count). The van der Waals surface area contributed by atoms with E-state index in [9.17, 15) is 14.4 Å². The molecule has 0 bridgehead atoms. The molecule has 0 aromatic heterocycles. The number of hydrogen-bond acceptors (Lipinski definition) is 3. The number of hydrogen-bond donors (Lipinski definition) is 2. The van der Waals surface area contributed by atoms with Crippen LogP contribution in [0.15, 0.2) is 34.8 Å². The number of nitrogens with zero attached hydrogens (tertiary/aromatic N) is 2. The number of nitrogens with one attached hydrogen (secondary N) is 1. The summed E-state index contributed by atoms with van der Waals surface area (Å²) in [5.41, 5.74) is 0.298. The predicted molar refractivity (Wildman–Crippen MR) is 86.3 cm³/mol. The van der Waals surface area contributed by atoms with Crippen molar-refractivity contribution < 1.29 is 14.4 Å². The van der Waals surface area contributed by atoms with Gasteiger partial charge in [-0.25, -0.2) is 9.18 Å². The molecule has 0 saturated carbocycles. The maximum absolute atomic E-state index is 14.1. The highest BCUT2D eigenvalue weighted by Gasteiger charge is 2.33. The number of hydrazine groups is 1. The maximum Gasteiger partial charge on any atom is 0.347 e. The third kappa shape index (κ3) is 2.50. The Kier molecular flexibility index (Phi) is 3.90. The van der Waals surface area contributed by atoms with E-state index < -0.39 is 11.8 Å². The molecule has 0 aliphatic carbocycles. The first-order chi connectivity index (χ1) is 10.4. The van der Waals surface area contributed by atoms with E-state index in [0.717, 1.165) is 5.01 Å². The standard InChI is InChI=1S/C13H7BrCl2FN3O2/c14-6-1-2-11(9(17)3-6)19-13(21)18-10-4-7(15)8(16)5-12(10)20(19)22/h1-5,22H,(H,18,21). The SMILES string of the molecule is O=C1Nc2cc(Cl)c(Cl)cc2N(O)N1c1ccc(Br)cc1F. The fraction of sp³-hybridized carbons (Fsp3) is 0. The molecular formula is C13H7BrCl2FN3O2. The number of rotatable bonds is 1. The van der Waals surface area contributed by atoms with Gasteiger partial charge in [-0.2, -0.15) is 10.2 Å². The largest absolute Gasteiger partial charge is 0.347 e. The molecule has 1 heterocycles. The van der Waals surface area contributed by atoms with Crippen LogP contribution < -0.4 is 15.5 Å². The second kappa shape index (κ2) is 5.58. The Hall–Kier alpha value is -1.54. The zero-order valence-electron chi connectivity index (χ0n) is 10.6. The van der Waals surface area contributed by atoms with Crippen molar-refractivity contribution in [3.05, 3.63) is 50.7 Å². The number of carbonyl (C=O) groups excluding carboxylic acids is 1. The number of urea groups is 1. The van der Waals surface area contributed by atoms with Gasteiger partial charge in [0.1, 0.15) is 17.2 Å². The molecule has 1 aliphatic heterocycles. The minimum Gasteiger partial charge on any atom is -0.304 e. The number of fused-ring (bicyclic) bond motifs is 1. The maximum atomic E-state index is 14.1. The van der Waals surface area contributed by atoms with Crippen LogP contribution in [-0.2, 0) is 0 Å². The van der Waals surface area contributed by atoms with Gasteiger partial charge in [-0.1, -0.05) is 39.1 Å². The summed E-state index contributed by atoms with van der Waals surface area (Å²) in [4.78, 5) is 12.2. The Labute approximate surface area is 142 Å². The molecule has 5 nitrogen and oxygen atoms in total. The Bertz CT molecular complexity index is 790. The van der Waals surface area contributed by atoms with Crippen LogP contribution in [0.5, 0.6) is 0 Å². The van der Waals surface area contributed by atoms with Gasteiger partial charge < -0.3 is 5.32 Å². The summed E-state index contributed by atoms with van der Waals surface area (Å²) in [6.45, 7) is 0. The average molecular weight is 407 g/mol. The van der Waals surface area contributed by atoms with Gasteiger partial charge in [-0.3, -0.25) is 5.21 Å². The van der Waals surface area contributed by atoms with Crippen molar-refractivity contribution in [2.24, 2.45) is 0 Å². The van der Waals surface area contributed by atoms with Crippen molar-refractivity contribution in [1.82, 2.24) is 0 Å². The van der Waals surface area contributed by atoms with Crippen LogP contribution in [0.1, 0.15) is 0 Å². The fourth-order valence-corrected chi connectivity index (χ4v) is 2.68. The molecule has 0 saturated heterocycles. The van der Waals surface area contributed by atoms with Crippen LogP contribution in [0.4, 0.5) is 26.2 Å². The van der Waals surface area contributed by atoms with Gasteiger partial charge in [-0.05, 0) is 30.3 Å². The summed E-state index contributed by atoms with van der Waals surface area (Å²) >= 11 is 14.9. The van der Waals surface area contributed by atoms with E-state index >= 15 is 0 Å². The highest BCUT2D eigenvalue weighted by atomic mass is 79.9. The minimum atomic E-state index is -0.741. The quantitative estimate of drug-likeness (QED) is 0.696. The van der Waals surface area contributed by atoms with Crippen LogP contribution in [0.3, 0.4) is 0 Å². The molecule has 2 N–H and O–H groups in total. The number of benzene rings is 2. The van der Waals surface area contributed by atoms with Crippen LogP contribution in [0.25, 0.3) is 0 Å². The van der Waals surface area contributed by atoms with E-state index in [1.807, 2.05) is 0 Å². The van der Waals surface area contributed by atoms with Crippen LogP contribution in [0.2, 0.25) is 10.0 Å². The van der Waals surface area contributed by atoms with Crippen molar-refractivity contribution >= 4 is 62.2 Å². The Balaban J connectivity index is 2.10. The number of carbonyl (C=O) groups is 1. The molecule has 1 aliphatic rings. The highest BCUT2D eigenvalue weighted by Crippen LogP contribution is 2.39. The third-order valence-corrected chi connectivity index (χ3v) is 4.23. The van der Waals surface area contributed by atoms with Gasteiger partial charge in [0.2, 0.25) is 0 Å². The lowest BCUT2D eigenvalue weighted by Crippen LogP contribution is -2.51. The summed E-state index contributed by atoms with van der Waals surface area (Å²) < 4.78 is 14.6. The first-order valence-electron chi connectivity index (χ1n) is 5.92. The van der Waals surface area contributed by atoms with E-state index in [4.69, 9.17) is 23.2 Å². The lowest BCUT2D eigenvalue weighted by molar-refractivity contribution is 0.220. The summed E-state index contributed by atoms with van der Waals surface area (Å²) in [7, 11) is 0. The second-order valence-corrected chi connectivity index (χ2v) is 6.14. The second-order valence-electron chi connectivity index (χ2n) is 4.41. The van der Waals surface area contributed by atoms with Crippen molar-refractivity contribution in [2.75, 3.05) is 15.5 Å². The predicted octanol–water partition coefficient (Wildman–Crippen LogP) is 5.06. The first-order valence-corrected chi connectivity index (χ1v) is 7.47. The molecule has 9 heteroatoms. The monoisotopic (exact) mass is 405 g/mol. The molecule has 0 atom stereocenters. The third-order valence-electron chi connectivity index (χ3n) is 3.02. The summed E-state index contributed by atoms with van der Waals surface area (Å²) in [5, 5.41) is 14.5. The fourth-order valence-electron chi connectivity index (χ4n) is 2.03. The van der Waals surface area contributed by atoms with Crippen LogP contribution in [0, 0.1) is 5.82 Å². The molecule has 0 unspecified atom stereocenters. The van der Waals surface area contributed by atoms with Crippen LogP contribution >= 0.6 is 39.1 Å². The van der Waals surface area contributed by atoms with Gasteiger partial charge >= 0.3 is 6.03 Å². The topological polar surface area (TPSA) is 55.8 Å². The average Bonchev–Trinajstić information content (AvgIpc) is 2.43. The minimum absolute atomic E-state index is 0.125. The van der Waals surface area contributed by atoms with E-state index in [1.165, 1.54) is 24.3 Å². The molecule has 0 fully saturated rings. The Morgan fingerprint density at radius 1 is 1.14 bits per heavy atom. The molecule has 114 valence electrons. The van der Waals surface area contributed by atoms with Crippen LogP contribution in [-0.4, -0.2) is 11.2 Å². The zero-order chi connectivity index (χ0) is 16.0. The van der Waals surface area contributed by atoms with Gasteiger partial charge in [-0.15, -0.1) is 0 Å². The molecule has 2 amide bonds. The molecular weight excluding hydrogens is 400 g/mol. The van der Waals surface area contributed by atoms with Crippen molar-refractivity contribution in [3.63, 3.8) is 0 Å². The lowest BCUT2D eigenvalue weighted by atomic mass is 10.2. The number of halogens is 4. The summed E-state index contributed by atoms with van der Waals surface area (Å²) in [6.07, 6.45) is 0. The summed E-state index contributed by atoms with van der Waals surface area (Å²) in [6, 6.07) is 6.10. The van der Waals surface area contributed by atoms with E-state index in [-0.39, 0.29) is 27.1 Å². The molecule has 2 aromatic carbocycles. The number of amides is 2. The molecule has 2 aromatic rings. The lowest BCUT2D eigenvalue weighted by Gasteiger charge is -2.36. The zero-order valence-corrected chi connectivity index (χ0v) is 13.7. The smallest absolute Gasteiger partial charge is 0.304 e. The normalized spacial score (nSPS) is 14.0. The first kappa shape index (κ1) is 15.4. The highest BCUT2D eigenvalue weighted by molar-refractivity contribution is 9.10. The Morgan fingerprint density at radius 3 is 2.50 bits per heavy atom. The molecule has 0 spiro atoms.